The van der Waals surface area contributed by atoms with Gasteiger partial charge in [0.15, 0.2) is 0 Å². The molecule has 0 amide bonds. The molecular formula is C11H19N3S. The van der Waals surface area contributed by atoms with E-state index in [0.717, 1.165) is 12.3 Å². The van der Waals surface area contributed by atoms with Gasteiger partial charge in [-0.2, -0.15) is 11.8 Å². The van der Waals surface area contributed by atoms with E-state index in [0.29, 0.717) is 12.6 Å². The van der Waals surface area contributed by atoms with Gasteiger partial charge in [-0.3, -0.25) is 9.88 Å². The number of aromatic nitrogens is 1. The summed E-state index contributed by atoms with van der Waals surface area (Å²) >= 11 is 1.86. The van der Waals surface area contributed by atoms with Gasteiger partial charge in [0.1, 0.15) is 0 Å². The molecule has 1 atom stereocenters. The Labute approximate surface area is 96.1 Å². The molecule has 0 saturated carbocycles. The Bertz CT molecular complexity index is 266. The number of pyridine rings is 1. The van der Waals surface area contributed by atoms with Gasteiger partial charge in [-0.15, -0.1) is 0 Å². The number of hydrogen-bond acceptors (Lipinski definition) is 4. The average Bonchev–Trinajstić information content (AvgIpc) is 2.29. The summed E-state index contributed by atoms with van der Waals surface area (Å²) in [5.41, 5.74) is 7.05. The predicted octanol–water partition coefficient (Wildman–Crippen LogP) is 1.38. The van der Waals surface area contributed by atoms with Crippen molar-refractivity contribution in [2.45, 2.75) is 6.04 Å². The van der Waals surface area contributed by atoms with E-state index in [2.05, 4.69) is 23.2 Å². The maximum Gasteiger partial charge on any atom is 0.0468 e. The van der Waals surface area contributed by atoms with Crippen molar-refractivity contribution in [3.05, 3.63) is 30.1 Å². The van der Waals surface area contributed by atoms with E-state index in [1.54, 1.807) is 0 Å². The van der Waals surface area contributed by atoms with Crippen LogP contribution in [0.15, 0.2) is 24.5 Å². The van der Waals surface area contributed by atoms with E-state index >= 15 is 0 Å². The van der Waals surface area contributed by atoms with Crippen LogP contribution in [0.5, 0.6) is 0 Å². The van der Waals surface area contributed by atoms with Gasteiger partial charge in [0, 0.05) is 37.3 Å². The van der Waals surface area contributed by atoms with E-state index in [-0.39, 0.29) is 0 Å². The fourth-order valence-corrected chi connectivity index (χ4v) is 2.02. The SMILES string of the molecule is CSCCN(C)C(CN)c1ccncc1. The second-order valence-corrected chi connectivity index (χ2v) is 4.49. The fraction of sp³-hybridized carbons (Fsp3) is 0.545. The third kappa shape index (κ3) is 3.81. The Morgan fingerprint density at radius 1 is 1.47 bits per heavy atom. The molecule has 1 aromatic rings. The van der Waals surface area contributed by atoms with Crippen LogP contribution in [0.4, 0.5) is 0 Å². The summed E-state index contributed by atoms with van der Waals surface area (Å²) in [5, 5.41) is 0. The average molecular weight is 225 g/mol. The molecule has 84 valence electrons. The maximum absolute atomic E-state index is 5.81. The largest absolute Gasteiger partial charge is 0.329 e. The molecule has 15 heavy (non-hydrogen) atoms. The summed E-state index contributed by atoms with van der Waals surface area (Å²) in [7, 11) is 2.12. The zero-order valence-corrected chi connectivity index (χ0v) is 10.2. The Balaban J connectivity index is 2.63. The van der Waals surface area contributed by atoms with Crippen LogP contribution >= 0.6 is 11.8 Å². The molecule has 1 heterocycles. The molecule has 2 N–H and O–H groups in total. The van der Waals surface area contributed by atoms with Gasteiger partial charge in [0.25, 0.3) is 0 Å². The highest BCUT2D eigenvalue weighted by Gasteiger charge is 2.14. The lowest BCUT2D eigenvalue weighted by molar-refractivity contribution is 0.265. The topological polar surface area (TPSA) is 42.1 Å². The molecule has 0 spiro atoms. The zero-order chi connectivity index (χ0) is 11.1. The molecule has 1 rings (SSSR count). The number of nitrogens with zero attached hydrogens (tertiary/aromatic N) is 2. The van der Waals surface area contributed by atoms with Crippen LogP contribution in [0, 0.1) is 0 Å². The van der Waals surface area contributed by atoms with Crippen molar-refractivity contribution in [2.75, 3.05) is 32.1 Å². The summed E-state index contributed by atoms with van der Waals surface area (Å²) in [6.07, 6.45) is 5.76. The third-order valence-electron chi connectivity index (χ3n) is 2.49. The first-order chi connectivity index (χ1) is 7.29. The molecule has 4 heteroatoms. The highest BCUT2D eigenvalue weighted by Crippen LogP contribution is 2.17. The molecule has 0 aromatic carbocycles. The normalized spacial score (nSPS) is 13.1. The minimum absolute atomic E-state index is 0.306. The molecular weight excluding hydrogens is 206 g/mol. The molecule has 0 aliphatic heterocycles. The zero-order valence-electron chi connectivity index (χ0n) is 9.39. The lowest BCUT2D eigenvalue weighted by atomic mass is 10.1. The van der Waals surface area contributed by atoms with E-state index in [9.17, 15) is 0 Å². The third-order valence-corrected chi connectivity index (χ3v) is 3.09. The highest BCUT2D eigenvalue weighted by atomic mass is 32.2. The fourth-order valence-electron chi connectivity index (χ4n) is 1.55. The van der Waals surface area contributed by atoms with E-state index in [1.165, 1.54) is 5.56 Å². The number of rotatable bonds is 6. The van der Waals surface area contributed by atoms with Gasteiger partial charge in [0.2, 0.25) is 0 Å². The number of nitrogens with two attached hydrogens (primary N) is 1. The Hall–Kier alpha value is -0.580. The molecule has 0 aliphatic carbocycles. The molecule has 0 bridgehead atoms. The smallest absolute Gasteiger partial charge is 0.0468 e. The van der Waals surface area contributed by atoms with Crippen molar-refractivity contribution in [3.8, 4) is 0 Å². The molecule has 0 saturated heterocycles. The second kappa shape index (κ2) is 6.82. The maximum atomic E-state index is 5.81. The van der Waals surface area contributed by atoms with Crippen LogP contribution in [0.2, 0.25) is 0 Å². The summed E-state index contributed by atoms with van der Waals surface area (Å²) in [5.74, 6) is 1.14. The summed E-state index contributed by atoms with van der Waals surface area (Å²) in [6.45, 7) is 1.71. The van der Waals surface area contributed by atoms with Crippen LogP contribution in [-0.4, -0.2) is 42.0 Å². The van der Waals surface area contributed by atoms with Crippen LogP contribution in [-0.2, 0) is 0 Å². The van der Waals surface area contributed by atoms with Crippen molar-refractivity contribution in [3.63, 3.8) is 0 Å². The van der Waals surface area contributed by atoms with E-state index in [1.807, 2.05) is 36.3 Å². The quantitative estimate of drug-likeness (QED) is 0.794. The second-order valence-electron chi connectivity index (χ2n) is 3.51. The van der Waals surface area contributed by atoms with Gasteiger partial charge in [-0.05, 0) is 31.0 Å². The lowest BCUT2D eigenvalue weighted by Gasteiger charge is -2.26. The summed E-state index contributed by atoms with van der Waals surface area (Å²) < 4.78 is 0. The predicted molar refractivity (Wildman–Crippen MR) is 67.0 cm³/mol. The highest BCUT2D eigenvalue weighted by molar-refractivity contribution is 7.98. The molecule has 3 nitrogen and oxygen atoms in total. The van der Waals surface area contributed by atoms with Crippen molar-refractivity contribution in [2.24, 2.45) is 5.73 Å². The standard InChI is InChI=1S/C11H19N3S/c1-14(7-8-15-2)11(9-12)10-3-5-13-6-4-10/h3-6,11H,7-9,12H2,1-2H3. The van der Waals surface area contributed by atoms with E-state index < -0.39 is 0 Å². The van der Waals surface area contributed by atoms with Gasteiger partial charge < -0.3 is 5.73 Å². The van der Waals surface area contributed by atoms with Crippen molar-refractivity contribution < 1.29 is 0 Å². The minimum Gasteiger partial charge on any atom is -0.329 e. The minimum atomic E-state index is 0.306. The number of thioether (sulfide) groups is 1. The monoisotopic (exact) mass is 225 g/mol. The van der Waals surface area contributed by atoms with Crippen LogP contribution in [0.3, 0.4) is 0 Å². The first kappa shape index (κ1) is 12.5. The molecule has 1 aromatic heterocycles. The first-order valence-corrected chi connectivity index (χ1v) is 6.48. The summed E-state index contributed by atoms with van der Waals surface area (Å²) in [6, 6.07) is 4.38. The Morgan fingerprint density at radius 3 is 2.67 bits per heavy atom. The Morgan fingerprint density at radius 2 is 2.13 bits per heavy atom. The van der Waals surface area contributed by atoms with Crippen LogP contribution < -0.4 is 5.73 Å². The van der Waals surface area contributed by atoms with Crippen molar-refractivity contribution >= 4 is 11.8 Å². The van der Waals surface area contributed by atoms with Crippen LogP contribution in [0.25, 0.3) is 0 Å². The number of likely N-dealkylation sites (N-methyl/N-ethyl adjacent to an activating group) is 1. The van der Waals surface area contributed by atoms with Crippen molar-refractivity contribution in [1.82, 2.24) is 9.88 Å². The summed E-state index contributed by atoms with van der Waals surface area (Å²) in [4.78, 5) is 6.32. The van der Waals surface area contributed by atoms with E-state index in [4.69, 9.17) is 5.73 Å². The first-order valence-electron chi connectivity index (χ1n) is 5.08. The molecule has 0 aliphatic rings. The van der Waals surface area contributed by atoms with Gasteiger partial charge in [-0.1, -0.05) is 0 Å². The lowest BCUT2D eigenvalue weighted by Crippen LogP contribution is -2.32. The molecule has 0 fully saturated rings. The van der Waals surface area contributed by atoms with Crippen LogP contribution in [0.1, 0.15) is 11.6 Å². The Kier molecular flexibility index (Phi) is 5.68. The van der Waals surface area contributed by atoms with Crippen molar-refractivity contribution in [1.29, 1.82) is 0 Å². The van der Waals surface area contributed by atoms with Gasteiger partial charge in [-0.25, -0.2) is 0 Å². The van der Waals surface area contributed by atoms with Gasteiger partial charge in [0.05, 0.1) is 0 Å². The molecule has 0 radical (unpaired) electrons. The van der Waals surface area contributed by atoms with Gasteiger partial charge >= 0.3 is 0 Å². The molecule has 1 unspecified atom stereocenters. The number of hydrogen-bond donors (Lipinski definition) is 1.